The van der Waals surface area contributed by atoms with E-state index in [0.29, 0.717) is 11.3 Å². The first-order chi connectivity index (χ1) is 10.1. The number of hydrogen-bond acceptors (Lipinski definition) is 4. The Labute approximate surface area is 126 Å². The van der Waals surface area contributed by atoms with Crippen molar-refractivity contribution in [3.05, 3.63) is 42.1 Å². The van der Waals surface area contributed by atoms with E-state index in [4.69, 9.17) is 0 Å². The molecule has 0 spiro atoms. The lowest BCUT2D eigenvalue weighted by Gasteiger charge is -2.16. The summed E-state index contributed by atoms with van der Waals surface area (Å²) in [6, 6.07) is 9.00. The average molecular weight is 299 g/mol. The smallest absolute Gasteiger partial charge is 0.259 e. The standard InChI is InChI=1S/C15H13N3O2S/c1-9(19)17-10-5-6-13-11(8-10)15(20)18(2)12-4-3-7-16-14(12)21-13/h3-8H,1-2H3,(H,17,19). The molecule has 0 fully saturated rings. The van der Waals surface area contributed by atoms with Crippen molar-refractivity contribution in [1.29, 1.82) is 0 Å². The highest BCUT2D eigenvalue weighted by atomic mass is 32.2. The highest BCUT2D eigenvalue weighted by molar-refractivity contribution is 7.99. The first-order valence-corrected chi connectivity index (χ1v) is 7.20. The van der Waals surface area contributed by atoms with Crippen LogP contribution in [-0.4, -0.2) is 23.8 Å². The molecule has 0 radical (unpaired) electrons. The van der Waals surface area contributed by atoms with Crippen LogP contribution in [0.4, 0.5) is 11.4 Å². The molecule has 2 heterocycles. The Kier molecular flexibility index (Phi) is 3.39. The van der Waals surface area contributed by atoms with Gasteiger partial charge < -0.3 is 10.2 Å². The van der Waals surface area contributed by atoms with Crippen molar-refractivity contribution in [3.63, 3.8) is 0 Å². The Bertz CT molecular complexity index is 745. The molecule has 0 aliphatic carbocycles. The minimum atomic E-state index is -0.165. The Morgan fingerprint density at radius 1 is 1.33 bits per heavy atom. The van der Waals surface area contributed by atoms with Gasteiger partial charge in [0.25, 0.3) is 5.91 Å². The molecule has 0 bridgehead atoms. The quantitative estimate of drug-likeness (QED) is 0.879. The zero-order chi connectivity index (χ0) is 15.0. The molecule has 106 valence electrons. The molecule has 1 aliphatic heterocycles. The van der Waals surface area contributed by atoms with E-state index in [1.54, 1.807) is 30.3 Å². The maximum atomic E-state index is 12.6. The van der Waals surface area contributed by atoms with E-state index < -0.39 is 0 Å². The van der Waals surface area contributed by atoms with Crippen LogP contribution < -0.4 is 10.2 Å². The van der Waals surface area contributed by atoms with Crippen molar-refractivity contribution < 1.29 is 9.59 Å². The Morgan fingerprint density at radius 3 is 2.90 bits per heavy atom. The second-order valence-electron chi connectivity index (χ2n) is 4.69. The number of benzene rings is 1. The van der Waals surface area contributed by atoms with Crippen LogP contribution in [0.2, 0.25) is 0 Å². The number of anilines is 2. The molecule has 0 unspecified atom stereocenters. The highest BCUT2D eigenvalue weighted by Crippen LogP contribution is 2.39. The second kappa shape index (κ2) is 5.21. The molecule has 0 saturated heterocycles. The van der Waals surface area contributed by atoms with Gasteiger partial charge in [-0.1, -0.05) is 11.8 Å². The van der Waals surface area contributed by atoms with Crippen LogP contribution in [0.5, 0.6) is 0 Å². The summed E-state index contributed by atoms with van der Waals surface area (Å²) in [5.41, 5.74) is 1.96. The van der Waals surface area contributed by atoms with E-state index >= 15 is 0 Å². The van der Waals surface area contributed by atoms with Crippen molar-refractivity contribution in [2.24, 2.45) is 0 Å². The number of rotatable bonds is 1. The van der Waals surface area contributed by atoms with E-state index in [-0.39, 0.29) is 11.8 Å². The van der Waals surface area contributed by atoms with Crippen LogP contribution in [0.15, 0.2) is 46.5 Å². The lowest BCUT2D eigenvalue weighted by molar-refractivity contribution is -0.114. The molecule has 2 aromatic rings. The second-order valence-corrected chi connectivity index (χ2v) is 5.72. The van der Waals surface area contributed by atoms with Gasteiger partial charge in [-0.25, -0.2) is 4.98 Å². The van der Waals surface area contributed by atoms with Crippen LogP contribution in [-0.2, 0) is 4.79 Å². The van der Waals surface area contributed by atoms with Crippen LogP contribution in [0.1, 0.15) is 17.3 Å². The van der Waals surface area contributed by atoms with Crippen LogP contribution >= 0.6 is 11.8 Å². The number of carbonyl (C=O) groups excluding carboxylic acids is 2. The molecule has 1 aliphatic rings. The third kappa shape index (κ3) is 2.50. The van der Waals surface area contributed by atoms with E-state index in [2.05, 4.69) is 10.3 Å². The van der Waals surface area contributed by atoms with E-state index in [9.17, 15) is 9.59 Å². The number of pyridine rings is 1. The summed E-state index contributed by atoms with van der Waals surface area (Å²) >= 11 is 1.45. The third-order valence-corrected chi connectivity index (χ3v) is 4.24. The number of fused-ring (bicyclic) bond motifs is 2. The first-order valence-electron chi connectivity index (χ1n) is 6.39. The number of aromatic nitrogens is 1. The largest absolute Gasteiger partial charge is 0.326 e. The van der Waals surface area contributed by atoms with Gasteiger partial charge in [0.2, 0.25) is 5.91 Å². The van der Waals surface area contributed by atoms with Crippen molar-refractivity contribution in [2.45, 2.75) is 16.8 Å². The van der Waals surface area contributed by atoms with Gasteiger partial charge in [-0.05, 0) is 30.3 Å². The van der Waals surface area contributed by atoms with Crippen molar-refractivity contribution in [1.82, 2.24) is 4.98 Å². The van der Waals surface area contributed by atoms with E-state index in [1.807, 2.05) is 18.2 Å². The van der Waals surface area contributed by atoms with Gasteiger partial charge in [0.05, 0.1) is 11.3 Å². The fourth-order valence-corrected chi connectivity index (χ4v) is 3.20. The summed E-state index contributed by atoms with van der Waals surface area (Å²) in [5.74, 6) is -0.279. The fraction of sp³-hybridized carbons (Fsp3) is 0.133. The first kappa shape index (κ1) is 13.6. The topological polar surface area (TPSA) is 62.3 Å². The lowest BCUT2D eigenvalue weighted by Crippen LogP contribution is -2.26. The number of nitrogens with zero attached hydrogens (tertiary/aromatic N) is 2. The number of hydrogen-bond donors (Lipinski definition) is 1. The Balaban J connectivity index is 2.10. The minimum absolute atomic E-state index is 0.114. The van der Waals surface area contributed by atoms with Gasteiger partial charge >= 0.3 is 0 Å². The van der Waals surface area contributed by atoms with Crippen molar-refractivity contribution in [3.8, 4) is 0 Å². The molecule has 2 amide bonds. The lowest BCUT2D eigenvalue weighted by atomic mass is 10.1. The molecular weight excluding hydrogens is 286 g/mol. The molecule has 6 heteroatoms. The molecule has 0 atom stereocenters. The van der Waals surface area contributed by atoms with Gasteiger partial charge in [0.1, 0.15) is 5.03 Å². The normalized spacial score (nSPS) is 13.2. The van der Waals surface area contributed by atoms with Gasteiger partial charge in [0, 0.05) is 30.8 Å². The fourth-order valence-electron chi connectivity index (χ4n) is 2.18. The molecule has 5 nitrogen and oxygen atoms in total. The van der Waals surface area contributed by atoms with Gasteiger partial charge in [-0.3, -0.25) is 9.59 Å². The molecule has 1 N–H and O–H groups in total. The number of nitrogens with one attached hydrogen (secondary N) is 1. The number of carbonyl (C=O) groups is 2. The SMILES string of the molecule is CC(=O)Nc1ccc2c(c1)C(=O)N(C)c1cccnc1S2. The number of amides is 2. The molecule has 1 aromatic heterocycles. The molecular formula is C15H13N3O2S. The molecule has 1 aromatic carbocycles. The maximum Gasteiger partial charge on any atom is 0.259 e. The summed E-state index contributed by atoms with van der Waals surface area (Å²) < 4.78 is 0. The summed E-state index contributed by atoms with van der Waals surface area (Å²) in [6.07, 6.45) is 1.71. The van der Waals surface area contributed by atoms with Crippen LogP contribution in [0.25, 0.3) is 0 Å². The Morgan fingerprint density at radius 2 is 2.14 bits per heavy atom. The summed E-state index contributed by atoms with van der Waals surface area (Å²) in [6.45, 7) is 1.44. The predicted molar refractivity (Wildman–Crippen MR) is 81.8 cm³/mol. The van der Waals surface area contributed by atoms with Crippen LogP contribution in [0, 0.1) is 0 Å². The zero-order valence-corrected chi connectivity index (χ0v) is 12.4. The van der Waals surface area contributed by atoms with Crippen molar-refractivity contribution >= 4 is 35.0 Å². The van der Waals surface area contributed by atoms with Crippen LogP contribution in [0.3, 0.4) is 0 Å². The molecule has 21 heavy (non-hydrogen) atoms. The zero-order valence-electron chi connectivity index (χ0n) is 11.6. The molecule has 3 rings (SSSR count). The summed E-state index contributed by atoms with van der Waals surface area (Å²) in [5, 5.41) is 3.49. The van der Waals surface area contributed by atoms with E-state index in [0.717, 1.165) is 15.6 Å². The minimum Gasteiger partial charge on any atom is -0.326 e. The van der Waals surface area contributed by atoms with Gasteiger partial charge in [0.15, 0.2) is 0 Å². The molecule has 0 saturated carbocycles. The summed E-state index contributed by atoms with van der Waals surface area (Å²) in [4.78, 5) is 30.5. The highest BCUT2D eigenvalue weighted by Gasteiger charge is 2.25. The Hall–Kier alpha value is -2.34. The van der Waals surface area contributed by atoms with E-state index in [1.165, 1.54) is 18.7 Å². The van der Waals surface area contributed by atoms with Crippen molar-refractivity contribution in [2.75, 3.05) is 17.3 Å². The van der Waals surface area contributed by atoms with Gasteiger partial charge in [-0.2, -0.15) is 0 Å². The summed E-state index contributed by atoms with van der Waals surface area (Å²) in [7, 11) is 1.73. The monoisotopic (exact) mass is 299 g/mol. The third-order valence-electron chi connectivity index (χ3n) is 3.15. The predicted octanol–water partition coefficient (Wildman–Crippen LogP) is 2.78. The van der Waals surface area contributed by atoms with Gasteiger partial charge in [-0.15, -0.1) is 0 Å². The maximum absolute atomic E-state index is 12.6. The average Bonchev–Trinajstić information content (AvgIpc) is 2.56.